The van der Waals surface area contributed by atoms with E-state index in [0.717, 1.165) is 31.5 Å². The summed E-state index contributed by atoms with van der Waals surface area (Å²) in [5.41, 5.74) is 1.09. The summed E-state index contributed by atoms with van der Waals surface area (Å²) in [5, 5.41) is 3.36. The van der Waals surface area contributed by atoms with Gasteiger partial charge in [-0.1, -0.05) is 39.0 Å². The van der Waals surface area contributed by atoms with E-state index in [4.69, 9.17) is 4.74 Å². The van der Waals surface area contributed by atoms with E-state index in [1.54, 1.807) is 19.2 Å². The maximum Gasteiger partial charge on any atom is 0.126 e. The van der Waals surface area contributed by atoms with E-state index < -0.39 is 0 Å². The maximum atomic E-state index is 14.0. The number of nitrogens with one attached hydrogen (secondary N) is 1. The highest BCUT2D eigenvalue weighted by Gasteiger charge is 2.19. The lowest BCUT2D eigenvalue weighted by Crippen LogP contribution is -2.26. The molecule has 1 unspecified atom stereocenters. The molecule has 0 aliphatic rings. The zero-order chi connectivity index (χ0) is 15.0. The first-order chi connectivity index (χ1) is 9.44. The topological polar surface area (TPSA) is 21.3 Å². The van der Waals surface area contributed by atoms with Gasteiger partial charge in [0.25, 0.3) is 0 Å². The minimum absolute atomic E-state index is 0.0973. The Morgan fingerprint density at radius 3 is 2.55 bits per heavy atom. The molecule has 1 atom stereocenters. The van der Waals surface area contributed by atoms with Crippen molar-refractivity contribution in [1.29, 1.82) is 0 Å². The maximum absolute atomic E-state index is 14.0. The summed E-state index contributed by atoms with van der Waals surface area (Å²) >= 11 is 0. The van der Waals surface area contributed by atoms with Crippen LogP contribution in [0.5, 0.6) is 0 Å². The Hall–Kier alpha value is -0.930. The first-order valence-corrected chi connectivity index (χ1v) is 7.38. The lowest BCUT2D eigenvalue weighted by Gasteiger charge is -2.24. The molecular formula is C17H28FNO. The number of methoxy groups -OCH3 is 1. The molecule has 3 heteroatoms. The van der Waals surface area contributed by atoms with Gasteiger partial charge in [0.2, 0.25) is 0 Å². The average Bonchev–Trinajstić information content (AvgIpc) is 2.38. The fraction of sp³-hybridized carbons (Fsp3) is 0.647. The van der Waals surface area contributed by atoms with Gasteiger partial charge in [-0.3, -0.25) is 0 Å². The summed E-state index contributed by atoms with van der Waals surface area (Å²) in [5.74, 6) is 0.118. The monoisotopic (exact) mass is 281 g/mol. The predicted molar refractivity (Wildman–Crippen MR) is 82.6 cm³/mol. The van der Waals surface area contributed by atoms with Gasteiger partial charge in [0, 0.05) is 20.2 Å². The second-order valence-corrected chi connectivity index (χ2v) is 6.51. The molecule has 0 saturated carbocycles. The minimum Gasteiger partial charge on any atom is -0.383 e. The summed E-state index contributed by atoms with van der Waals surface area (Å²) in [6.45, 7) is 8.96. The Kier molecular flexibility index (Phi) is 7.17. The van der Waals surface area contributed by atoms with Gasteiger partial charge in [-0.2, -0.15) is 0 Å². The Bertz CT molecular complexity index is 387. The summed E-state index contributed by atoms with van der Waals surface area (Å²) in [6, 6.07) is 7.12. The van der Waals surface area contributed by atoms with Crippen LogP contribution in [0.2, 0.25) is 0 Å². The van der Waals surface area contributed by atoms with Crippen LogP contribution in [0.1, 0.15) is 45.1 Å². The van der Waals surface area contributed by atoms with Gasteiger partial charge >= 0.3 is 0 Å². The molecule has 0 heterocycles. The molecule has 0 radical (unpaired) electrons. The second-order valence-electron chi connectivity index (χ2n) is 6.51. The van der Waals surface area contributed by atoms with E-state index >= 15 is 0 Å². The molecule has 114 valence electrons. The van der Waals surface area contributed by atoms with Crippen LogP contribution >= 0.6 is 0 Å². The third-order valence-electron chi connectivity index (χ3n) is 3.46. The SMILES string of the molecule is COCCNCC(CCC(C)(C)C)c1ccccc1F. The van der Waals surface area contributed by atoms with Crippen LogP contribution in [-0.2, 0) is 4.74 Å². The highest BCUT2D eigenvalue weighted by atomic mass is 19.1. The normalized spacial score (nSPS) is 13.4. The molecular weight excluding hydrogens is 253 g/mol. The molecule has 20 heavy (non-hydrogen) atoms. The zero-order valence-electron chi connectivity index (χ0n) is 13.2. The van der Waals surface area contributed by atoms with Gasteiger partial charge in [0.1, 0.15) is 5.82 Å². The zero-order valence-corrected chi connectivity index (χ0v) is 13.2. The molecule has 0 fully saturated rings. The molecule has 1 N–H and O–H groups in total. The van der Waals surface area contributed by atoms with Gasteiger partial charge in [0.15, 0.2) is 0 Å². The lowest BCUT2D eigenvalue weighted by atomic mass is 9.84. The highest BCUT2D eigenvalue weighted by molar-refractivity contribution is 5.22. The second kappa shape index (κ2) is 8.38. The molecule has 2 nitrogen and oxygen atoms in total. The van der Waals surface area contributed by atoms with Crippen LogP contribution in [0.25, 0.3) is 0 Å². The van der Waals surface area contributed by atoms with Crippen LogP contribution in [0.4, 0.5) is 4.39 Å². The predicted octanol–water partition coefficient (Wildman–Crippen LogP) is 3.97. The highest BCUT2D eigenvalue weighted by Crippen LogP contribution is 2.29. The summed E-state index contributed by atoms with van der Waals surface area (Å²) in [4.78, 5) is 0. The summed E-state index contributed by atoms with van der Waals surface area (Å²) < 4.78 is 19.0. The van der Waals surface area contributed by atoms with E-state index in [2.05, 4.69) is 26.1 Å². The van der Waals surface area contributed by atoms with Crippen molar-refractivity contribution in [2.75, 3.05) is 26.8 Å². The van der Waals surface area contributed by atoms with Crippen molar-refractivity contribution >= 4 is 0 Å². The largest absolute Gasteiger partial charge is 0.383 e. The minimum atomic E-state index is -0.0973. The number of halogens is 1. The average molecular weight is 281 g/mol. The van der Waals surface area contributed by atoms with E-state index in [-0.39, 0.29) is 17.2 Å². The lowest BCUT2D eigenvalue weighted by molar-refractivity contribution is 0.198. The van der Waals surface area contributed by atoms with Crippen molar-refractivity contribution in [2.45, 2.75) is 39.5 Å². The molecule has 0 saturated heterocycles. The molecule has 1 aromatic rings. The fourth-order valence-electron chi connectivity index (χ4n) is 2.23. The van der Waals surface area contributed by atoms with Gasteiger partial charge in [-0.25, -0.2) is 4.39 Å². The van der Waals surface area contributed by atoms with E-state index in [0.29, 0.717) is 6.61 Å². The quantitative estimate of drug-likeness (QED) is 0.728. The molecule has 0 aliphatic carbocycles. The van der Waals surface area contributed by atoms with E-state index in [1.165, 1.54) is 0 Å². The first kappa shape index (κ1) is 17.1. The molecule has 1 rings (SSSR count). The fourth-order valence-corrected chi connectivity index (χ4v) is 2.23. The van der Waals surface area contributed by atoms with Crippen molar-refractivity contribution in [3.05, 3.63) is 35.6 Å². The van der Waals surface area contributed by atoms with Crippen molar-refractivity contribution < 1.29 is 9.13 Å². The van der Waals surface area contributed by atoms with Crippen molar-refractivity contribution in [1.82, 2.24) is 5.32 Å². The smallest absolute Gasteiger partial charge is 0.126 e. The molecule has 0 aromatic heterocycles. The van der Waals surface area contributed by atoms with Crippen molar-refractivity contribution in [3.8, 4) is 0 Å². The van der Waals surface area contributed by atoms with Gasteiger partial charge in [-0.15, -0.1) is 0 Å². The summed E-state index contributed by atoms with van der Waals surface area (Å²) in [6.07, 6.45) is 2.07. The Morgan fingerprint density at radius 1 is 1.25 bits per heavy atom. The van der Waals surface area contributed by atoms with E-state index in [1.807, 2.05) is 12.1 Å². The van der Waals surface area contributed by atoms with Crippen LogP contribution in [0.3, 0.4) is 0 Å². The molecule has 1 aromatic carbocycles. The van der Waals surface area contributed by atoms with Crippen LogP contribution in [0, 0.1) is 11.2 Å². The van der Waals surface area contributed by atoms with Crippen molar-refractivity contribution in [2.24, 2.45) is 5.41 Å². The standard InChI is InChI=1S/C17H28FNO/c1-17(2,3)10-9-14(13-19-11-12-20-4)15-7-5-6-8-16(15)18/h5-8,14,19H,9-13H2,1-4H3. The molecule has 0 amide bonds. The molecule has 0 aliphatic heterocycles. The number of benzene rings is 1. The van der Waals surface area contributed by atoms with E-state index in [9.17, 15) is 4.39 Å². The van der Waals surface area contributed by atoms with Gasteiger partial charge in [0.05, 0.1) is 6.61 Å². The third kappa shape index (κ3) is 6.49. The van der Waals surface area contributed by atoms with Crippen LogP contribution in [-0.4, -0.2) is 26.8 Å². The molecule has 0 spiro atoms. The number of ether oxygens (including phenoxy) is 1. The Labute approximate surface area is 122 Å². The Balaban J connectivity index is 2.66. The summed E-state index contributed by atoms with van der Waals surface area (Å²) in [7, 11) is 1.69. The number of rotatable bonds is 8. The van der Waals surface area contributed by atoms with Gasteiger partial charge in [-0.05, 0) is 35.8 Å². The van der Waals surface area contributed by atoms with Crippen molar-refractivity contribution in [3.63, 3.8) is 0 Å². The molecule has 0 bridgehead atoms. The van der Waals surface area contributed by atoms with Gasteiger partial charge < -0.3 is 10.1 Å². The first-order valence-electron chi connectivity index (χ1n) is 7.38. The Morgan fingerprint density at radius 2 is 1.95 bits per heavy atom. The number of hydrogen-bond acceptors (Lipinski definition) is 2. The van der Waals surface area contributed by atoms with Crippen LogP contribution < -0.4 is 5.32 Å². The number of hydrogen-bond donors (Lipinski definition) is 1. The third-order valence-corrected chi connectivity index (χ3v) is 3.46. The van der Waals surface area contributed by atoms with Crippen LogP contribution in [0.15, 0.2) is 24.3 Å².